The second-order valence-electron chi connectivity index (χ2n) is 7.58. The third kappa shape index (κ3) is 2.92. The van der Waals surface area contributed by atoms with Gasteiger partial charge >= 0.3 is 5.69 Å². The fraction of sp³-hybridized carbons (Fsp3) is 0.706. The van der Waals surface area contributed by atoms with Gasteiger partial charge in [-0.05, 0) is 62.7 Å². The van der Waals surface area contributed by atoms with Crippen LogP contribution in [0.4, 0.5) is 0 Å². The van der Waals surface area contributed by atoms with Gasteiger partial charge in [-0.3, -0.25) is 4.79 Å². The van der Waals surface area contributed by atoms with Crippen LogP contribution in [-0.4, -0.2) is 28.0 Å². The molecule has 3 fully saturated rings. The maximum Gasteiger partial charge on any atom is 0.348 e. The summed E-state index contributed by atoms with van der Waals surface area (Å²) >= 11 is 5.92. The number of aromatic nitrogens is 2. The highest BCUT2D eigenvalue weighted by Crippen LogP contribution is 2.54. The van der Waals surface area contributed by atoms with Gasteiger partial charge in [0.05, 0.1) is 0 Å². The normalized spacial score (nSPS) is 34.0. The number of hydrogen-bond donors (Lipinski definition) is 2. The summed E-state index contributed by atoms with van der Waals surface area (Å²) in [6.45, 7) is -0.167. The van der Waals surface area contributed by atoms with Crippen molar-refractivity contribution in [2.24, 2.45) is 17.8 Å². The third-order valence-electron chi connectivity index (χ3n) is 6.06. The van der Waals surface area contributed by atoms with Crippen LogP contribution in [0.25, 0.3) is 0 Å². The first-order chi connectivity index (χ1) is 11.5. The van der Waals surface area contributed by atoms with Crippen LogP contribution in [0.1, 0.15) is 44.9 Å². The molecule has 4 rings (SSSR count). The number of aromatic amines is 1. The summed E-state index contributed by atoms with van der Waals surface area (Å²) in [4.78, 5) is 29.7. The van der Waals surface area contributed by atoms with Gasteiger partial charge in [-0.15, -0.1) is 0 Å². The number of halogens is 1. The Morgan fingerprint density at radius 2 is 2.04 bits per heavy atom. The van der Waals surface area contributed by atoms with Crippen molar-refractivity contribution in [3.05, 3.63) is 21.7 Å². The van der Waals surface area contributed by atoms with Crippen LogP contribution in [0.5, 0.6) is 5.88 Å². The molecule has 2 unspecified atom stereocenters. The molecular weight excluding hydrogens is 330 g/mol. The monoisotopic (exact) mass is 351 g/mol. The molecule has 0 aliphatic heterocycles. The van der Waals surface area contributed by atoms with Crippen LogP contribution in [-0.2, 0) is 4.79 Å². The van der Waals surface area contributed by atoms with E-state index in [1.165, 1.54) is 38.3 Å². The van der Waals surface area contributed by atoms with Crippen molar-refractivity contribution in [3.63, 3.8) is 0 Å². The predicted molar refractivity (Wildman–Crippen MR) is 89.0 cm³/mol. The lowest BCUT2D eigenvalue weighted by molar-refractivity contribution is -0.129. The molecule has 0 aromatic carbocycles. The first-order valence-electron chi connectivity index (χ1n) is 8.73. The SMILES string of the molecule is O=C(COc1nc(=O)[nH]cc1Cl)NC12CC3CCC1CCC(C3)C2. The fourth-order valence-electron chi connectivity index (χ4n) is 5.21. The molecule has 1 aromatic heterocycles. The molecule has 130 valence electrons. The highest BCUT2D eigenvalue weighted by Gasteiger charge is 2.52. The standard InChI is InChI=1S/C17H22ClN3O3/c18-13-8-19-16(23)20-15(13)24-9-14(22)21-17-6-10-1-3-12(17)4-2-11(5-10)7-17/h8,10-12H,1-7,9H2,(H,21,22)(H,19,20,23). The molecule has 1 aromatic rings. The molecule has 0 saturated heterocycles. The summed E-state index contributed by atoms with van der Waals surface area (Å²) in [6.07, 6.45) is 9.90. The van der Waals surface area contributed by atoms with Gasteiger partial charge in [0.1, 0.15) is 5.02 Å². The molecule has 7 heteroatoms. The maximum atomic E-state index is 12.5. The van der Waals surface area contributed by atoms with Gasteiger partial charge in [0.15, 0.2) is 6.61 Å². The summed E-state index contributed by atoms with van der Waals surface area (Å²) in [6, 6.07) is 0. The van der Waals surface area contributed by atoms with Gasteiger partial charge in [-0.2, -0.15) is 4.98 Å². The molecular formula is C17H22ClN3O3. The van der Waals surface area contributed by atoms with E-state index < -0.39 is 5.69 Å². The lowest BCUT2D eigenvalue weighted by Crippen LogP contribution is -2.62. The Morgan fingerprint density at radius 3 is 2.75 bits per heavy atom. The molecule has 24 heavy (non-hydrogen) atoms. The van der Waals surface area contributed by atoms with Crippen LogP contribution in [0.15, 0.2) is 11.0 Å². The van der Waals surface area contributed by atoms with E-state index in [2.05, 4.69) is 15.3 Å². The number of carbonyl (C=O) groups excluding carboxylic acids is 1. The Bertz CT molecular complexity index is 689. The molecule has 6 nitrogen and oxygen atoms in total. The minimum atomic E-state index is -0.548. The Hall–Kier alpha value is -1.56. The second-order valence-corrected chi connectivity index (χ2v) is 7.99. The molecule has 3 saturated carbocycles. The smallest absolute Gasteiger partial charge is 0.348 e. The van der Waals surface area contributed by atoms with Crippen LogP contribution in [0, 0.1) is 17.8 Å². The van der Waals surface area contributed by atoms with E-state index in [0.29, 0.717) is 5.92 Å². The van der Waals surface area contributed by atoms with Crippen molar-refractivity contribution in [1.29, 1.82) is 0 Å². The zero-order chi connectivity index (χ0) is 16.7. The van der Waals surface area contributed by atoms with Gasteiger partial charge in [-0.1, -0.05) is 11.6 Å². The average Bonchev–Trinajstić information content (AvgIpc) is 2.53. The van der Waals surface area contributed by atoms with Gasteiger partial charge in [0.25, 0.3) is 5.91 Å². The molecule has 3 aliphatic carbocycles. The summed E-state index contributed by atoms with van der Waals surface area (Å²) in [7, 11) is 0. The first kappa shape index (κ1) is 15.9. The van der Waals surface area contributed by atoms with E-state index in [-0.39, 0.29) is 29.0 Å². The van der Waals surface area contributed by atoms with Crippen molar-refractivity contribution < 1.29 is 9.53 Å². The molecule has 0 radical (unpaired) electrons. The molecule has 2 atom stereocenters. The van der Waals surface area contributed by atoms with E-state index in [9.17, 15) is 9.59 Å². The number of fused-ring (bicyclic) bond motifs is 2. The number of nitrogens with one attached hydrogen (secondary N) is 2. The van der Waals surface area contributed by atoms with Crippen molar-refractivity contribution in [2.75, 3.05) is 6.61 Å². The maximum absolute atomic E-state index is 12.5. The number of carbonyl (C=O) groups is 1. The summed E-state index contributed by atoms with van der Waals surface area (Å²) in [5, 5.41) is 3.47. The largest absolute Gasteiger partial charge is 0.466 e. The molecule has 3 bridgehead atoms. The van der Waals surface area contributed by atoms with E-state index in [1.54, 1.807) is 0 Å². The molecule has 3 aliphatic rings. The van der Waals surface area contributed by atoms with Crippen LogP contribution >= 0.6 is 11.6 Å². The molecule has 1 heterocycles. The van der Waals surface area contributed by atoms with Crippen LogP contribution < -0.4 is 15.7 Å². The third-order valence-corrected chi connectivity index (χ3v) is 6.33. The van der Waals surface area contributed by atoms with Crippen molar-refractivity contribution in [2.45, 2.75) is 50.5 Å². The minimum Gasteiger partial charge on any atom is -0.466 e. The Kier molecular flexibility index (Phi) is 4.03. The number of rotatable bonds is 4. The Labute approximate surface area is 145 Å². The number of amides is 1. The summed E-state index contributed by atoms with van der Waals surface area (Å²) < 4.78 is 5.36. The zero-order valence-corrected chi connectivity index (χ0v) is 14.3. The van der Waals surface area contributed by atoms with Gasteiger partial charge in [0.2, 0.25) is 5.88 Å². The summed E-state index contributed by atoms with van der Waals surface area (Å²) in [5.41, 5.74) is -0.594. The number of hydrogen-bond acceptors (Lipinski definition) is 4. The van der Waals surface area contributed by atoms with E-state index in [0.717, 1.165) is 24.7 Å². The summed E-state index contributed by atoms with van der Waals surface area (Å²) in [5.74, 6) is 1.95. The van der Waals surface area contributed by atoms with Gasteiger partial charge in [0, 0.05) is 11.7 Å². The van der Waals surface area contributed by atoms with E-state index in [1.807, 2.05) is 0 Å². The average molecular weight is 352 g/mol. The lowest BCUT2D eigenvalue weighted by Gasteiger charge is -2.57. The van der Waals surface area contributed by atoms with Gasteiger partial charge < -0.3 is 15.0 Å². The number of nitrogens with zero attached hydrogens (tertiary/aromatic N) is 1. The van der Waals surface area contributed by atoms with Crippen molar-refractivity contribution in [1.82, 2.24) is 15.3 Å². The van der Waals surface area contributed by atoms with Crippen LogP contribution in [0.3, 0.4) is 0 Å². The first-order valence-corrected chi connectivity index (χ1v) is 9.11. The molecule has 2 N–H and O–H groups in total. The van der Waals surface area contributed by atoms with Crippen LogP contribution in [0.2, 0.25) is 5.02 Å². The number of H-pyrrole nitrogens is 1. The number of ether oxygens (including phenoxy) is 1. The molecule has 0 spiro atoms. The predicted octanol–water partition coefficient (Wildman–Crippen LogP) is 2.28. The van der Waals surface area contributed by atoms with E-state index >= 15 is 0 Å². The van der Waals surface area contributed by atoms with Crippen molar-refractivity contribution in [3.8, 4) is 5.88 Å². The Balaban J connectivity index is 1.42. The topological polar surface area (TPSA) is 84.1 Å². The highest BCUT2D eigenvalue weighted by molar-refractivity contribution is 6.31. The highest BCUT2D eigenvalue weighted by atomic mass is 35.5. The zero-order valence-electron chi connectivity index (χ0n) is 13.5. The minimum absolute atomic E-state index is 0.000229. The van der Waals surface area contributed by atoms with Crippen molar-refractivity contribution >= 4 is 17.5 Å². The van der Waals surface area contributed by atoms with Gasteiger partial charge in [-0.25, -0.2) is 4.79 Å². The fourth-order valence-corrected chi connectivity index (χ4v) is 5.36. The lowest BCUT2D eigenvalue weighted by atomic mass is 9.53. The quantitative estimate of drug-likeness (QED) is 0.871. The van der Waals surface area contributed by atoms with E-state index in [4.69, 9.17) is 16.3 Å². The Morgan fingerprint density at radius 1 is 1.33 bits per heavy atom. The molecule has 1 amide bonds. The second kappa shape index (κ2) is 6.06.